The Morgan fingerprint density at radius 2 is 2.12 bits per heavy atom. The van der Waals surface area contributed by atoms with Crippen LogP contribution in [-0.2, 0) is 6.54 Å². The molecule has 2 N–H and O–H groups in total. The summed E-state index contributed by atoms with van der Waals surface area (Å²) >= 11 is 0. The largest absolute Gasteiger partial charge is 0.345 e. The van der Waals surface area contributed by atoms with E-state index in [4.69, 9.17) is 0 Å². The molecular formula is C13H16FN3. The fourth-order valence-electron chi connectivity index (χ4n) is 1.88. The lowest BCUT2D eigenvalue weighted by molar-refractivity contribution is 0.618. The molecule has 3 nitrogen and oxygen atoms in total. The fraction of sp³-hybridized carbons (Fsp3) is 0.308. The molecule has 0 saturated heterocycles. The van der Waals surface area contributed by atoms with Gasteiger partial charge in [0.05, 0.1) is 11.4 Å². The van der Waals surface area contributed by atoms with Crippen molar-refractivity contribution >= 4 is 0 Å². The first-order valence-corrected chi connectivity index (χ1v) is 5.58. The predicted octanol–water partition coefficient (Wildman–Crippen LogP) is 2.55. The zero-order chi connectivity index (χ0) is 12.4. The van der Waals surface area contributed by atoms with Gasteiger partial charge in [0.1, 0.15) is 11.6 Å². The molecule has 17 heavy (non-hydrogen) atoms. The number of aromatic nitrogens is 2. The monoisotopic (exact) mass is 233 g/mol. The van der Waals surface area contributed by atoms with Gasteiger partial charge in [-0.2, -0.15) is 0 Å². The highest BCUT2D eigenvalue weighted by molar-refractivity contribution is 5.63. The molecule has 0 fully saturated rings. The van der Waals surface area contributed by atoms with Crippen LogP contribution >= 0.6 is 0 Å². The van der Waals surface area contributed by atoms with Crippen LogP contribution < -0.4 is 5.32 Å². The Morgan fingerprint density at radius 3 is 2.76 bits per heavy atom. The van der Waals surface area contributed by atoms with Crippen LogP contribution in [0.15, 0.2) is 18.2 Å². The van der Waals surface area contributed by atoms with E-state index in [2.05, 4.69) is 15.3 Å². The summed E-state index contributed by atoms with van der Waals surface area (Å²) in [5.41, 5.74) is 3.49. The second-order valence-electron chi connectivity index (χ2n) is 4.14. The number of nitrogens with one attached hydrogen (secondary N) is 2. The van der Waals surface area contributed by atoms with E-state index in [0.29, 0.717) is 12.1 Å². The number of hydrogen-bond donors (Lipinski definition) is 2. The summed E-state index contributed by atoms with van der Waals surface area (Å²) in [5.74, 6) is 0.684. The maximum atomic E-state index is 13.2. The van der Waals surface area contributed by atoms with E-state index in [1.807, 2.05) is 20.0 Å². The molecule has 0 unspecified atom stereocenters. The number of imidazole rings is 1. The number of hydrogen-bond acceptors (Lipinski definition) is 2. The van der Waals surface area contributed by atoms with E-state index in [1.165, 1.54) is 6.07 Å². The van der Waals surface area contributed by atoms with Crippen LogP contribution in [0.2, 0.25) is 0 Å². The van der Waals surface area contributed by atoms with Gasteiger partial charge in [0.25, 0.3) is 0 Å². The van der Waals surface area contributed by atoms with Crippen LogP contribution in [0, 0.1) is 19.7 Å². The molecule has 90 valence electrons. The maximum absolute atomic E-state index is 13.2. The van der Waals surface area contributed by atoms with E-state index in [1.54, 1.807) is 13.0 Å². The van der Waals surface area contributed by atoms with Crippen LogP contribution in [0.4, 0.5) is 4.39 Å². The van der Waals surface area contributed by atoms with E-state index in [0.717, 1.165) is 22.8 Å². The first kappa shape index (κ1) is 11.8. The average molecular weight is 233 g/mol. The highest BCUT2D eigenvalue weighted by atomic mass is 19.1. The topological polar surface area (TPSA) is 40.7 Å². The Kier molecular flexibility index (Phi) is 3.24. The normalized spacial score (nSPS) is 10.8. The molecule has 2 rings (SSSR count). The SMILES string of the molecule is CNCc1[nH]c(C)nc1-c1ccc(F)c(C)c1. The molecule has 2 aromatic rings. The summed E-state index contributed by atoms with van der Waals surface area (Å²) in [6.07, 6.45) is 0. The minimum absolute atomic E-state index is 0.184. The molecule has 1 heterocycles. The van der Waals surface area contributed by atoms with Crippen LogP contribution in [-0.4, -0.2) is 17.0 Å². The van der Waals surface area contributed by atoms with Crippen LogP contribution in [0.5, 0.6) is 0 Å². The van der Waals surface area contributed by atoms with Crippen molar-refractivity contribution in [2.75, 3.05) is 7.05 Å². The second-order valence-corrected chi connectivity index (χ2v) is 4.14. The molecule has 4 heteroatoms. The van der Waals surface area contributed by atoms with Crippen molar-refractivity contribution in [3.8, 4) is 11.3 Å². The van der Waals surface area contributed by atoms with Crippen LogP contribution in [0.25, 0.3) is 11.3 Å². The minimum atomic E-state index is -0.184. The number of halogens is 1. The van der Waals surface area contributed by atoms with Gasteiger partial charge < -0.3 is 10.3 Å². The predicted molar refractivity (Wildman–Crippen MR) is 66.2 cm³/mol. The summed E-state index contributed by atoms with van der Waals surface area (Å²) in [5, 5.41) is 3.09. The minimum Gasteiger partial charge on any atom is -0.345 e. The maximum Gasteiger partial charge on any atom is 0.126 e. The highest BCUT2D eigenvalue weighted by Crippen LogP contribution is 2.23. The highest BCUT2D eigenvalue weighted by Gasteiger charge is 2.10. The molecule has 0 saturated carbocycles. The summed E-state index contributed by atoms with van der Waals surface area (Å²) in [6, 6.07) is 5.07. The molecule has 0 aliphatic heterocycles. The lowest BCUT2D eigenvalue weighted by atomic mass is 10.1. The lowest BCUT2D eigenvalue weighted by Crippen LogP contribution is -2.06. The molecule has 0 aliphatic carbocycles. The number of nitrogens with zero attached hydrogens (tertiary/aromatic N) is 1. The van der Waals surface area contributed by atoms with Crippen molar-refractivity contribution in [2.24, 2.45) is 0 Å². The Hall–Kier alpha value is -1.68. The van der Waals surface area contributed by atoms with Crippen molar-refractivity contribution in [3.63, 3.8) is 0 Å². The Morgan fingerprint density at radius 1 is 1.35 bits per heavy atom. The number of rotatable bonds is 3. The van der Waals surface area contributed by atoms with Gasteiger partial charge in [0.15, 0.2) is 0 Å². The first-order chi connectivity index (χ1) is 8.11. The molecule has 1 aromatic heterocycles. The number of aromatic amines is 1. The first-order valence-electron chi connectivity index (χ1n) is 5.58. The third kappa shape index (κ3) is 2.36. The van der Waals surface area contributed by atoms with Crippen LogP contribution in [0.3, 0.4) is 0 Å². The van der Waals surface area contributed by atoms with Gasteiger partial charge in [-0.25, -0.2) is 9.37 Å². The van der Waals surface area contributed by atoms with Gasteiger partial charge in [0, 0.05) is 12.1 Å². The number of aryl methyl sites for hydroxylation is 2. The Bertz CT molecular complexity index is 531. The van der Waals surface area contributed by atoms with Crippen molar-refractivity contribution in [2.45, 2.75) is 20.4 Å². The zero-order valence-corrected chi connectivity index (χ0v) is 10.3. The second kappa shape index (κ2) is 4.67. The molecule has 1 aromatic carbocycles. The van der Waals surface area contributed by atoms with E-state index in [-0.39, 0.29) is 5.82 Å². The van der Waals surface area contributed by atoms with Gasteiger partial charge >= 0.3 is 0 Å². The molecular weight excluding hydrogens is 217 g/mol. The smallest absolute Gasteiger partial charge is 0.126 e. The number of H-pyrrole nitrogens is 1. The average Bonchev–Trinajstić information content (AvgIpc) is 2.64. The third-order valence-electron chi connectivity index (χ3n) is 2.68. The molecule has 0 aliphatic rings. The molecule has 0 radical (unpaired) electrons. The summed E-state index contributed by atoms with van der Waals surface area (Å²) in [6.45, 7) is 4.39. The van der Waals surface area contributed by atoms with Gasteiger partial charge in [-0.15, -0.1) is 0 Å². The molecule has 0 spiro atoms. The van der Waals surface area contributed by atoms with Crippen molar-refractivity contribution < 1.29 is 4.39 Å². The molecule has 0 bridgehead atoms. The Labute approximate surface area is 100 Å². The summed E-state index contributed by atoms with van der Waals surface area (Å²) in [7, 11) is 1.88. The standard InChI is InChI=1S/C13H16FN3/c1-8-6-10(4-5-11(8)14)13-12(7-15-3)16-9(2)17-13/h4-6,15H,7H2,1-3H3,(H,16,17). The lowest BCUT2D eigenvalue weighted by Gasteiger charge is -2.04. The fourth-order valence-corrected chi connectivity index (χ4v) is 1.88. The van der Waals surface area contributed by atoms with Crippen molar-refractivity contribution in [1.82, 2.24) is 15.3 Å². The van der Waals surface area contributed by atoms with Crippen molar-refractivity contribution in [3.05, 3.63) is 41.1 Å². The van der Waals surface area contributed by atoms with Gasteiger partial charge in [-0.05, 0) is 44.7 Å². The van der Waals surface area contributed by atoms with Crippen molar-refractivity contribution in [1.29, 1.82) is 0 Å². The quantitative estimate of drug-likeness (QED) is 0.855. The molecule has 0 amide bonds. The van der Waals surface area contributed by atoms with Gasteiger partial charge in [-0.3, -0.25) is 0 Å². The Balaban J connectivity index is 2.47. The van der Waals surface area contributed by atoms with Gasteiger partial charge in [-0.1, -0.05) is 0 Å². The van der Waals surface area contributed by atoms with Crippen LogP contribution in [0.1, 0.15) is 17.1 Å². The summed E-state index contributed by atoms with van der Waals surface area (Å²) < 4.78 is 13.2. The third-order valence-corrected chi connectivity index (χ3v) is 2.68. The van der Waals surface area contributed by atoms with E-state index in [9.17, 15) is 4.39 Å². The zero-order valence-electron chi connectivity index (χ0n) is 10.3. The van der Waals surface area contributed by atoms with E-state index >= 15 is 0 Å². The van der Waals surface area contributed by atoms with E-state index < -0.39 is 0 Å². The molecule has 0 atom stereocenters. The van der Waals surface area contributed by atoms with Gasteiger partial charge in [0.2, 0.25) is 0 Å². The number of benzene rings is 1. The summed E-state index contributed by atoms with van der Waals surface area (Å²) in [4.78, 5) is 7.66.